The largest absolute Gasteiger partial charge is 0.388 e. The second-order valence-corrected chi connectivity index (χ2v) is 3.86. The Morgan fingerprint density at radius 3 is 3.07 bits per heavy atom. The number of rotatable bonds is 3. The predicted octanol–water partition coefficient (Wildman–Crippen LogP) is 1.57. The fourth-order valence-electron chi connectivity index (χ4n) is 1.89. The molecule has 1 saturated heterocycles. The average molecular weight is 206 g/mol. The van der Waals surface area contributed by atoms with Crippen molar-refractivity contribution >= 4 is 6.29 Å². The topological polar surface area (TPSA) is 46.5 Å². The van der Waals surface area contributed by atoms with Crippen molar-refractivity contribution in [3.8, 4) is 0 Å². The number of aliphatic hydroxyl groups is 1. The van der Waals surface area contributed by atoms with Crippen LogP contribution in [0.25, 0.3) is 0 Å². The Morgan fingerprint density at radius 1 is 1.53 bits per heavy atom. The molecular formula is C12H14O3. The third kappa shape index (κ3) is 2.25. The first-order valence-electron chi connectivity index (χ1n) is 5.12. The van der Waals surface area contributed by atoms with E-state index in [0.29, 0.717) is 12.2 Å². The zero-order valence-corrected chi connectivity index (χ0v) is 8.43. The third-order valence-electron chi connectivity index (χ3n) is 2.80. The first-order chi connectivity index (χ1) is 7.31. The van der Waals surface area contributed by atoms with E-state index in [1.54, 1.807) is 18.2 Å². The Hall–Kier alpha value is -1.19. The Kier molecular flexibility index (Phi) is 3.14. The first-order valence-corrected chi connectivity index (χ1v) is 5.12. The number of carbonyl (C=O) groups is 1. The van der Waals surface area contributed by atoms with Gasteiger partial charge < -0.3 is 9.84 Å². The summed E-state index contributed by atoms with van der Waals surface area (Å²) in [5, 5.41) is 10.0. The van der Waals surface area contributed by atoms with Crippen LogP contribution in [0.4, 0.5) is 0 Å². The number of carbonyl (C=O) groups excluding carboxylic acids is 1. The molecule has 2 rings (SSSR count). The van der Waals surface area contributed by atoms with Gasteiger partial charge in [0, 0.05) is 18.1 Å². The van der Waals surface area contributed by atoms with Gasteiger partial charge in [-0.15, -0.1) is 0 Å². The summed E-state index contributed by atoms with van der Waals surface area (Å²) in [7, 11) is 0. The molecule has 1 heterocycles. The van der Waals surface area contributed by atoms with Crippen LogP contribution < -0.4 is 0 Å². The number of aldehydes is 1. The molecule has 0 bridgehead atoms. The molecule has 3 nitrogen and oxygen atoms in total. The van der Waals surface area contributed by atoms with Crippen LogP contribution in [0.1, 0.15) is 28.4 Å². The maximum absolute atomic E-state index is 10.6. The molecule has 1 N–H and O–H groups in total. The Balaban J connectivity index is 2.16. The minimum atomic E-state index is -0.521. The molecule has 0 saturated carbocycles. The van der Waals surface area contributed by atoms with Gasteiger partial charge in [-0.2, -0.15) is 0 Å². The Labute approximate surface area is 88.7 Å². The molecule has 1 fully saturated rings. The Bertz CT molecular complexity index is 342. The number of benzene rings is 1. The molecule has 1 aliphatic rings. The lowest BCUT2D eigenvalue weighted by molar-refractivity contribution is 0.0917. The molecule has 3 heteroatoms. The highest BCUT2D eigenvalue weighted by Crippen LogP contribution is 2.28. The molecule has 2 atom stereocenters. The average Bonchev–Trinajstić information content (AvgIpc) is 2.81. The van der Waals surface area contributed by atoms with Gasteiger partial charge in [-0.25, -0.2) is 0 Å². The molecule has 1 aromatic carbocycles. The quantitative estimate of drug-likeness (QED) is 0.763. The van der Waals surface area contributed by atoms with Gasteiger partial charge in [0.05, 0.1) is 12.7 Å². The molecule has 0 spiro atoms. The van der Waals surface area contributed by atoms with E-state index in [1.807, 2.05) is 6.07 Å². The molecule has 0 aromatic heterocycles. The fraction of sp³-hybridized carbons (Fsp3) is 0.417. The highest BCUT2D eigenvalue weighted by atomic mass is 16.5. The van der Waals surface area contributed by atoms with Crippen LogP contribution in [0.5, 0.6) is 0 Å². The molecule has 1 aliphatic heterocycles. The predicted molar refractivity (Wildman–Crippen MR) is 55.7 cm³/mol. The van der Waals surface area contributed by atoms with Gasteiger partial charge in [0.25, 0.3) is 0 Å². The number of ether oxygens (including phenoxy) is 1. The summed E-state index contributed by atoms with van der Waals surface area (Å²) in [6.07, 6.45) is 1.15. The molecule has 0 aliphatic carbocycles. The summed E-state index contributed by atoms with van der Waals surface area (Å²) in [5.74, 6) is 0.159. The smallest absolute Gasteiger partial charge is 0.150 e. The lowest BCUT2D eigenvalue weighted by Crippen LogP contribution is -2.12. The van der Waals surface area contributed by atoms with E-state index in [4.69, 9.17) is 4.74 Å². The van der Waals surface area contributed by atoms with Crippen LogP contribution in [0.2, 0.25) is 0 Å². The number of aliphatic hydroxyl groups excluding tert-OH is 1. The zero-order valence-electron chi connectivity index (χ0n) is 8.43. The highest BCUT2D eigenvalue weighted by Gasteiger charge is 2.25. The summed E-state index contributed by atoms with van der Waals surface area (Å²) in [5.41, 5.74) is 1.40. The lowest BCUT2D eigenvalue weighted by atomic mass is 9.94. The van der Waals surface area contributed by atoms with Gasteiger partial charge >= 0.3 is 0 Å². The van der Waals surface area contributed by atoms with Crippen LogP contribution in [0.15, 0.2) is 24.3 Å². The van der Waals surface area contributed by atoms with Gasteiger partial charge in [-0.1, -0.05) is 18.2 Å². The van der Waals surface area contributed by atoms with Crippen LogP contribution in [0.3, 0.4) is 0 Å². The van der Waals surface area contributed by atoms with Gasteiger partial charge in [-0.05, 0) is 18.1 Å². The van der Waals surface area contributed by atoms with Gasteiger partial charge in [-0.3, -0.25) is 4.79 Å². The fourth-order valence-corrected chi connectivity index (χ4v) is 1.89. The second kappa shape index (κ2) is 4.55. The van der Waals surface area contributed by atoms with Crippen molar-refractivity contribution in [2.24, 2.45) is 5.92 Å². The van der Waals surface area contributed by atoms with E-state index >= 15 is 0 Å². The van der Waals surface area contributed by atoms with E-state index in [0.717, 1.165) is 24.9 Å². The van der Waals surface area contributed by atoms with Crippen molar-refractivity contribution in [1.29, 1.82) is 0 Å². The van der Waals surface area contributed by atoms with Crippen molar-refractivity contribution in [2.45, 2.75) is 12.5 Å². The van der Waals surface area contributed by atoms with Gasteiger partial charge in [0.2, 0.25) is 0 Å². The van der Waals surface area contributed by atoms with E-state index in [1.165, 1.54) is 0 Å². The molecule has 0 amide bonds. The molecule has 15 heavy (non-hydrogen) atoms. The number of hydrogen-bond donors (Lipinski definition) is 1. The zero-order chi connectivity index (χ0) is 10.7. The normalized spacial score (nSPS) is 22.6. The van der Waals surface area contributed by atoms with E-state index < -0.39 is 6.10 Å². The maximum atomic E-state index is 10.6. The summed E-state index contributed by atoms with van der Waals surface area (Å²) in [6, 6.07) is 7.10. The summed E-state index contributed by atoms with van der Waals surface area (Å²) < 4.78 is 5.23. The van der Waals surface area contributed by atoms with Crippen LogP contribution in [0, 0.1) is 5.92 Å². The third-order valence-corrected chi connectivity index (χ3v) is 2.80. The van der Waals surface area contributed by atoms with E-state index in [9.17, 15) is 9.90 Å². The standard InChI is InChI=1S/C12H14O3/c13-7-9-2-1-3-10(6-9)12(14)11-4-5-15-8-11/h1-3,6-7,11-12,14H,4-5,8H2. The molecule has 1 aromatic rings. The summed E-state index contributed by atoms with van der Waals surface area (Å²) in [4.78, 5) is 10.6. The second-order valence-electron chi connectivity index (χ2n) is 3.86. The van der Waals surface area contributed by atoms with Crippen molar-refractivity contribution in [3.05, 3.63) is 35.4 Å². The van der Waals surface area contributed by atoms with Crippen LogP contribution in [-0.2, 0) is 4.74 Å². The molecular weight excluding hydrogens is 192 g/mol. The highest BCUT2D eigenvalue weighted by molar-refractivity contribution is 5.74. The van der Waals surface area contributed by atoms with Crippen molar-refractivity contribution < 1.29 is 14.6 Å². The Morgan fingerprint density at radius 2 is 2.40 bits per heavy atom. The monoisotopic (exact) mass is 206 g/mol. The van der Waals surface area contributed by atoms with Crippen LogP contribution >= 0.6 is 0 Å². The molecule has 2 unspecified atom stereocenters. The van der Waals surface area contributed by atoms with Gasteiger partial charge in [0.1, 0.15) is 6.29 Å². The summed E-state index contributed by atoms with van der Waals surface area (Å²) in [6.45, 7) is 1.32. The lowest BCUT2D eigenvalue weighted by Gasteiger charge is -2.16. The molecule has 80 valence electrons. The van der Waals surface area contributed by atoms with E-state index in [-0.39, 0.29) is 5.92 Å². The minimum Gasteiger partial charge on any atom is -0.388 e. The first kappa shape index (κ1) is 10.3. The van der Waals surface area contributed by atoms with Crippen molar-refractivity contribution in [3.63, 3.8) is 0 Å². The summed E-state index contributed by atoms with van der Waals surface area (Å²) >= 11 is 0. The maximum Gasteiger partial charge on any atom is 0.150 e. The minimum absolute atomic E-state index is 0.159. The van der Waals surface area contributed by atoms with Crippen LogP contribution in [-0.4, -0.2) is 24.6 Å². The molecule has 0 radical (unpaired) electrons. The van der Waals surface area contributed by atoms with Crippen molar-refractivity contribution in [1.82, 2.24) is 0 Å². The van der Waals surface area contributed by atoms with Crippen molar-refractivity contribution in [2.75, 3.05) is 13.2 Å². The number of hydrogen-bond acceptors (Lipinski definition) is 3. The van der Waals surface area contributed by atoms with Gasteiger partial charge in [0.15, 0.2) is 0 Å². The van der Waals surface area contributed by atoms with E-state index in [2.05, 4.69) is 0 Å². The SMILES string of the molecule is O=Cc1cccc(C(O)C2CCOC2)c1.